The number of piperidine rings is 1. The lowest BCUT2D eigenvalue weighted by atomic mass is 9.98. The Labute approximate surface area is 192 Å². The van der Waals surface area contributed by atoms with Crippen molar-refractivity contribution in [3.05, 3.63) is 65.2 Å². The molecule has 172 valence electrons. The van der Waals surface area contributed by atoms with Crippen LogP contribution in [0.5, 0.6) is 0 Å². The monoisotopic (exact) mass is 437 g/mol. The number of nitrogens with zero attached hydrogens (tertiary/aromatic N) is 1. The molecule has 32 heavy (non-hydrogen) atoms. The number of hydrogen-bond acceptors (Lipinski definition) is 3. The molecular weight excluding hydrogens is 400 g/mol. The van der Waals surface area contributed by atoms with Crippen molar-refractivity contribution in [1.29, 1.82) is 0 Å². The summed E-state index contributed by atoms with van der Waals surface area (Å²) in [5.41, 5.74) is 3.98. The summed E-state index contributed by atoms with van der Waals surface area (Å²) in [6, 6.07) is 15.5. The Kier molecular flexibility index (Phi) is 8.46. The van der Waals surface area contributed by atoms with Gasteiger partial charge >= 0.3 is 5.97 Å². The molecule has 2 aromatic carbocycles. The number of aryl methyl sites for hydroxylation is 2. The summed E-state index contributed by atoms with van der Waals surface area (Å²) in [6.07, 6.45) is 4.86. The lowest BCUT2D eigenvalue weighted by Crippen LogP contribution is -2.64. The summed E-state index contributed by atoms with van der Waals surface area (Å²) >= 11 is 0. The minimum absolute atomic E-state index is 0.0157. The summed E-state index contributed by atoms with van der Waals surface area (Å²) in [4.78, 5) is 26.5. The van der Waals surface area contributed by atoms with E-state index in [2.05, 4.69) is 12.2 Å². The standard InChI is InChI=1S/C27H36N2O3/c1-4-12-24(27(31)28-26-21(2)13-11-14-22(26)3)29(17-9-6-10-18-29)19-25(30)32-20-23-15-7-5-8-16-23/h5,7-8,11,13-16,24H,4,6,9-10,12,17-20H2,1-3H3/p+1. The number of benzene rings is 2. The molecule has 2 aromatic rings. The number of para-hydroxylation sites is 1. The number of anilines is 1. The maximum atomic E-state index is 13.6. The molecule has 0 bridgehead atoms. The van der Waals surface area contributed by atoms with Crippen LogP contribution in [0.4, 0.5) is 5.69 Å². The van der Waals surface area contributed by atoms with Gasteiger partial charge in [-0.25, -0.2) is 4.79 Å². The van der Waals surface area contributed by atoms with Crippen molar-refractivity contribution < 1.29 is 18.8 Å². The predicted molar refractivity (Wildman–Crippen MR) is 128 cm³/mol. The van der Waals surface area contributed by atoms with Gasteiger partial charge in [-0.2, -0.15) is 0 Å². The normalized spacial score (nSPS) is 16.2. The second kappa shape index (κ2) is 11.3. The zero-order valence-electron chi connectivity index (χ0n) is 19.7. The lowest BCUT2D eigenvalue weighted by molar-refractivity contribution is -0.940. The van der Waals surface area contributed by atoms with E-state index in [0.717, 1.165) is 67.6 Å². The van der Waals surface area contributed by atoms with E-state index >= 15 is 0 Å². The zero-order chi connectivity index (χ0) is 23.0. The van der Waals surface area contributed by atoms with Gasteiger partial charge in [0.05, 0.1) is 13.1 Å². The highest BCUT2D eigenvalue weighted by Crippen LogP contribution is 2.28. The van der Waals surface area contributed by atoms with Gasteiger partial charge < -0.3 is 14.5 Å². The van der Waals surface area contributed by atoms with Crippen molar-refractivity contribution in [2.75, 3.05) is 25.0 Å². The Morgan fingerprint density at radius 3 is 2.25 bits per heavy atom. The minimum atomic E-state index is -0.261. The topological polar surface area (TPSA) is 55.4 Å². The quantitative estimate of drug-likeness (QED) is 0.436. The van der Waals surface area contributed by atoms with Crippen LogP contribution >= 0.6 is 0 Å². The molecule has 1 amide bonds. The highest BCUT2D eigenvalue weighted by molar-refractivity contribution is 5.95. The molecule has 5 nitrogen and oxygen atoms in total. The van der Waals surface area contributed by atoms with Gasteiger partial charge in [0.1, 0.15) is 6.61 Å². The van der Waals surface area contributed by atoms with Crippen LogP contribution < -0.4 is 5.32 Å². The molecule has 1 aliphatic rings. The van der Waals surface area contributed by atoms with Gasteiger partial charge in [-0.15, -0.1) is 0 Å². The predicted octanol–water partition coefficient (Wildman–Crippen LogP) is 5.15. The minimum Gasteiger partial charge on any atom is -0.457 e. The summed E-state index contributed by atoms with van der Waals surface area (Å²) in [5.74, 6) is -0.210. The van der Waals surface area contributed by atoms with E-state index in [4.69, 9.17) is 4.74 Å². The number of nitrogens with one attached hydrogen (secondary N) is 1. The molecule has 1 atom stereocenters. The molecule has 1 saturated heterocycles. The first-order valence-corrected chi connectivity index (χ1v) is 11.9. The van der Waals surface area contributed by atoms with Crippen LogP contribution in [0.1, 0.15) is 55.7 Å². The van der Waals surface area contributed by atoms with Gasteiger partial charge in [0.25, 0.3) is 5.91 Å². The van der Waals surface area contributed by atoms with E-state index in [0.29, 0.717) is 4.48 Å². The highest BCUT2D eigenvalue weighted by Gasteiger charge is 2.44. The molecule has 3 rings (SSSR count). The smallest absolute Gasteiger partial charge is 0.362 e. The van der Waals surface area contributed by atoms with Gasteiger partial charge in [0.15, 0.2) is 12.6 Å². The number of amides is 1. The van der Waals surface area contributed by atoms with Crippen molar-refractivity contribution in [2.24, 2.45) is 0 Å². The van der Waals surface area contributed by atoms with Crippen molar-refractivity contribution in [3.63, 3.8) is 0 Å². The zero-order valence-corrected chi connectivity index (χ0v) is 19.7. The molecule has 0 saturated carbocycles. The van der Waals surface area contributed by atoms with Gasteiger partial charge in [-0.1, -0.05) is 55.5 Å². The second-order valence-corrected chi connectivity index (χ2v) is 9.09. The number of carbonyl (C=O) groups is 2. The first kappa shape index (κ1) is 24.0. The van der Waals surface area contributed by atoms with Gasteiger partial charge in [-0.3, -0.25) is 4.79 Å². The molecule has 1 unspecified atom stereocenters. The van der Waals surface area contributed by atoms with Crippen molar-refractivity contribution in [3.8, 4) is 0 Å². The summed E-state index contributed by atoms with van der Waals surface area (Å²) in [5, 5.41) is 3.21. The maximum absolute atomic E-state index is 13.6. The number of ether oxygens (including phenoxy) is 1. The molecule has 1 aliphatic heterocycles. The van der Waals surface area contributed by atoms with Crippen molar-refractivity contribution >= 4 is 17.6 Å². The fraction of sp³-hybridized carbons (Fsp3) is 0.481. The third-order valence-corrected chi connectivity index (χ3v) is 6.65. The highest BCUT2D eigenvalue weighted by atomic mass is 16.5. The Morgan fingerprint density at radius 2 is 1.62 bits per heavy atom. The van der Waals surface area contributed by atoms with E-state index in [1.807, 2.05) is 62.4 Å². The van der Waals surface area contributed by atoms with E-state index in [-0.39, 0.29) is 31.1 Å². The molecule has 1 fully saturated rings. The van der Waals surface area contributed by atoms with E-state index in [1.54, 1.807) is 0 Å². The first-order chi connectivity index (χ1) is 15.4. The number of quaternary nitrogens is 1. The van der Waals surface area contributed by atoms with E-state index < -0.39 is 0 Å². The summed E-state index contributed by atoms with van der Waals surface area (Å²) in [7, 11) is 0. The third-order valence-electron chi connectivity index (χ3n) is 6.65. The van der Waals surface area contributed by atoms with Crippen molar-refractivity contribution in [2.45, 2.75) is 65.5 Å². The summed E-state index contributed by atoms with van der Waals surface area (Å²) in [6.45, 7) is 8.33. The Morgan fingerprint density at radius 1 is 0.969 bits per heavy atom. The number of esters is 1. The Hall–Kier alpha value is -2.66. The van der Waals surface area contributed by atoms with Crippen molar-refractivity contribution in [1.82, 2.24) is 0 Å². The third kappa shape index (κ3) is 5.98. The number of carbonyl (C=O) groups excluding carboxylic acids is 2. The van der Waals surface area contributed by atoms with Crippen LogP contribution in [-0.4, -0.2) is 42.0 Å². The fourth-order valence-electron chi connectivity index (χ4n) is 4.91. The van der Waals surface area contributed by atoms with Gasteiger partial charge in [0, 0.05) is 12.1 Å². The van der Waals surface area contributed by atoms with Gasteiger partial charge in [-0.05, 0) is 56.2 Å². The average Bonchev–Trinajstić information content (AvgIpc) is 2.80. The molecule has 0 spiro atoms. The fourth-order valence-corrected chi connectivity index (χ4v) is 4.91. The Bertz CT molecular complexity index is 884. The maximum Gasteiger partial charge on any atom is 0.362 e. The lowest BCUT2D eigenvalue weighted by Gasteiger charge is -2.45. The molecule has 1 heterocycles. The largest absolute Gasteiger partial charge is 0.457 e. The van der Waals surface area contributed by atoms with Crippen LogP contribution in [0, 0.1) is 13.8 Å². The molecular formula is C27H37N2O3+. The van der Waals surface area contributed by atoms with E-state index in [9.17, 15) is 9.59 Å². The summed E-state index contributed by atoms with van der Waals surface area (Å²) < 4.78 is 6.13. The number of likely N-dealkylation sites (tertiary alicyclic amines) is 1. The van der Waals surface area contributed by atoms with E-state index in [1.165, 1.54) is 0 Å². The molecule has 1 N–H and O–H groups in total. The number of rotatable bonds is 9. The van der Waals surface area contributed by atoms with Crippen LogP contribution in [-0.2, 0) is 20.9 Å². The molecule has 0 aromatic heterocycles. The molecule has 5 heteroatoms. The number of hydrogen-bond donors (Lipinski definition) is 1. The Balaban J connectivity index is 1.78. The SMILES string of the molecule is CCCC(C(=O)Nc1c(C)cccc1C)[N+]1(CC(=O)OCc2ccccc2)CCCCC1. The van der Waals surface area contributed by atoms with Crippen LogP contribution in [0.3, 0.4) is 0 Å². The van der Waals surface area contributed by atoms with Crippen LogP contribution in [0.2, 0.25) is 0 Å². The van der Waals surface area contributed by atoms with Crippen LogP contribution in [0.15, 0.2) is 48.5 Å². The second-order valence-electron chi connectivity index (χ2n) is 9.09. The molecule has 0 aliphatic carbocycles. The van der Waals surface area contributed by atoms with Gasteiger partial charge in [0.2, 0.25) is 0 Å². The first-order valence-electron chi connectivity index (χ1n) is 11.9. The molecule has 0 radical (unpaired) electrons. The van der Waals surface area contributed by atoms with Crippen LogP contribution in [0.25, 0.3) is 0 Å². The average molecular weight is 438 g/mol.